The Morgan fingerprint density at radius 3 is 2.12 bits per heavy atom. The lowest BCUT2D eigenvalue weighted by atomic mass is 10.0. The van der Waals surface area contributed by atoms with Gasteiger partial charge in [-0.15, -0.1) is 0 Å². The van der Waals surface area contributed by atoms with Crippen LogP contribution in [-0.4, -0.2) is 32.2 Å². The van der Waals surface area contributed by atoms with Gasteiger partial charge in [0.1, 0.15) is 0 Å². The van der Waals surface area contributed by atoms with Crippen molar-refractivity contribution in [1.82, 2.24) is 0 Å². The minimum atomic E-state index is -4.88. The zero-order valence-corrected chi connectivity index (χ0v) is 11.3. The molecule has 0 aromatic heterocycles. The summed E-state index contributed by atoms with van der Waals surface area (Å²) in [6, 6.07) is 0. The molecule has 4 atom stereocenters. The average molecular weight is 340 g/mol. The van der Waals surface area contributed by atoms with E-state index in [-0.39, 0.29) is 0 Å². The summed E-state index contributed by atoms with van der Waals surface area (Å²) in [5.41, 5.74) is -0.912. The molecule has 0 aromatic rings. The first-order valence-electron chi connectivity index (χ1n) is 4.70. The van der Waals surface area contributed by atoms with Crippen molar-refractivity contribution >= 4 is 33.5 Å². The summed E-state index contributed by atoms with van der Waals surface area (Å²) in [6.45, 7) is 2.96. The number of hydrogen-bond donors (Lipinski definition) is 2. The van der Waals surface area contributed by atoms with E-state index in [2.05, 4.69) is 15.9 Å². The van der Waals surface area contributed by atoms with E-state index in [1.54, 1.807) is 0 Å². The summed E-state index contributed by atoms with van der Waals surface area (Å²) in [7, 11) is 0. The zero-order chi connectivity index (χ0) is 13.8. The van der Waals surface area contributed by atoms with Crippen molar-refractivity contribution in [1.29, 1.82) is 0 Å². The lowest BCUT2D eigenvalue weighted by molar-refractivity contribution is -0.161. The van der Waals surface area contributed by atoms with Crippen molar-refractivity contribution in [2.75, 3.05) is 0 Å². The van der Waals surface area contributed by atoms with E-state index in [1.807, 2.05) is 0 Å². The van der Waals surface area contributed by atoms with Crippen molar-refractivity contribution in [2.45, 2.75) is 29.9 Å². The third kappa shape index (κ3) is 2.29. The fourth-order valence-corrected chi connectivity index (χ4v) is 2.55. The van der Waals surface area contributed by atoms with Gasteiger partial charge in [0.15, 0.2) is 0 Å². The maximum absolute atomic E-state index is 12.6. The minimum absolute atomic E-state index is 0.912. The number of carboxylic acids is 1. The van der Waals surface area contributed by atoms with Crippen LogP contribution in [-0.2, 0) is 4.79 Å². The normalized spacial score (nSPS) is 32.7. The molecule has 1 aliphatic carbocycles. The van der Waals surface area contributed by atoms with Gasteiger partial charge in [-0.25, -0.2) is 0 Å². The SMILES string of the molecule is CC1(C)[C@H](C(O)C(Cl)(Br)C(F)(F)F)[C@@H]1C(=O)O. The number of halogens is 5. The van der Waals surface area contributed by atoms with Crippen molar-refractivity contribution in [2.24, 2.45) is 17.3 Å². The van der Waals surface area contributed by atoms with Crippen LogP contribution < -0.4 is 0 Å². The van der Waals surface area contributed by atoms with Gasteiger partial charge in [-0.05, 0) is 5.41 Å². The number of hydrogen-bond acceptors (Lipinski definition) is 2. The minimum Gasteiger partial charge on any atom is -0.481 e. The predicted octanol–water partition coefficient (Wildman–Crippen LogP) is 2.60. The molecule has 0 saturated heterocycles. The molecule has 0 spiro atoms. The molecule has 0 amide bonds. The van der Waals surface area contributed by atoms with Crippen molar-refractivity contribution < 1.29 is 28.2 Å². The standard InChI is InChI=1S/C9H11BrClF3O3/c1-7(2)3(4(7)6(16)17)5(15)8(10,11)9(12,13)14/h3-5,15H,1-2H3,(H,16,17)/t3-,4+,5?,8?/m0/s1. The van der Waals surface area contributed by atoms with Gasteiger partial charge >= 0.3 is 12.1 Å². The Bertz CT molecular complexity index is 343. The molecular weight excluding hydrogens is 328 g/mol. The summed E-state index contributed by atoms with van der Waals surface area (Å²) < 4.78 is 34.7. The van der Waals surface area contributed by atoms with Gasteiger partial charge in [0, 0.05) is 5.92 Å². The van der Waals surface area contributed by atoms with E-state index >= 15 is 0 Å². The van der Waals surface area contributed by atoms with Crippen LogP contribution in [0.3, 0.4) is 0 Å². The van der Waals surface area contributed by atoms with Gasteiger partial charge in [-0.2, -0.15) is 13.2 Å². The van der Waals surface area contributed by atoms with Crippen LogP contribution in [0.25, 0.3) is 0 Å². The second kappa shape index (κ2) is 3.99. The number of rotatable bonds is 3. The van der Waals surface area contributed by atoms with Crippen molar-refractivity contribution in [3.05, 3.63) is 0 Å². The van der Waals surface area contributed by atoms with Crippen LogP contribution in [0.1, 0.15) is 13.8 Å². The van der Waals surface area contributed by atoms with Crippen LogP contribution in [0, 0.1) is 17.3 Å². The second-order valence-electron chi connectivity index (χ2n) is 4.73. The molecular formula is C9H11BrClF3O3. The Kier molecular flexibility index (Phi) is 3.54. The summed E-state index contributed by atoms with van der Waals surface area (Å²) in [5, 5.41) is 18.5. The van der Waals surface area contributed by atoms with E-state index in [0.717, 1.165) is 0 Å². The fraction of sp³-hybridized carbons (Fsp3) is 0.889. The largest absolute Gasteiger partial charge is 0.481 e. The molecule has 1 fully saturated rings. The van der Waals surface area contributed by atoms with E-state index < -0.39 is 39.3 Å². The Labute approximate surface area is 109 Å². The smallest absolute Gasteiger partial charge is 0.420 e. The van der Waals surface area contributed by atoms with Crippen LogP contribution in [0.15, 0.2) is 0 Å². The Morgan fingerprint density at radius 2 is 1.88 bits per heavy atom. The molecule has 3 nitrogen and oxygen atoms in total. The molecule has 0 radical (unpaired) electrons. The maximum atomic E-state index is 12.6. The first-order valence-corrected chi connectivity index (χ1v) is 5.87. The topological polar surface area (TPSA) is 57.5 Å². The fourth-order valence-electron chi connectivity index (χ4n) is 2.13. The highest BCUT2D eigenvalue weighted by Crippen LogP contribution is 2.64. The van der Waals surface area contributed by atoms with Gasteiger partial charge in [0.2, 0.25) is 3.78 Å². The maximum Gasteiger partial charge on any atom is 0.420 e. The van der Waals surface area contributed by atoms with Gasteiger partial charge in [0.25, 0.3) is 0 Å². The Morgan fingerprint density at radius 1 is 1.47 bits per heavy atom. The lowest BCUT2D eigenvalue weighted by Gasteiger charge is -2.29. The van der Waals surface area contributed by atoms with E-state index in [9.17, 15) is 23.1 Å². The number of aliphatic carboxylic acids is 1. The van der Waals surface area contributed by atoms with Gasteiger partial charge in [0.05, 0.1) is 12.0 Å². The molecule has 8 heteroatoms. The summed E-state index contributed by atoms with van der Waals surface area (Å²) in [4.78, 5) is 10.8. The number of aliphatic hydroxyl groups excluding tert-OH is 1. The molecule has 17 heavy (non-hydrogen) atoms. The van der Waals surface area contributed by atoms with Gasteiger partial charge < -0.3 is 10.2 Å². The average Bonchev–Trinajstić information content (AvgIpc) is 2.65. The molecule has 0 aromatic carbocycles. The highest BCUT2D eigenvalue weighted by atomic mass is 79.9. The van der Waals surface area contributed by atoms with Gasteiger partial charge in [-0.3, -0.25) is 4.79 Å². The molecule has 0 aliphatic heterocycles. The quantitative estimate of drug-likeness (QED) is 0.777. The number of carboxylic acid groups (broad SMARTS) is 1. The molecule has 1 saturated carbocycles. The number of carbonyl (C=O) groups is 1. The third-order valence-corrected chi connectivity index (χ3v) is 4.62. The molecule has 1 rings (SSSR count). The summed E-state index contributed by atoms with van der Waals surface area (Å²) in [6.07, 6.45) is -6.91. The second-order valence-corrected chi connectivity index (χ2v) is 7.03. The highest BCUT2D eigenvalue weighted by molar-refractivity contribution is 9.10. The van der Waals surface area contributed by atoms with Crippen LogP contribution in [0.2, 0.25) is 0 Å². The molecule has 100 valence electrons. The molecule has 2 N–H and O–H groups in total. The van der Waals surface area contributed by atoms with Crippen LogP contribution in [0.4, 0.5) is 13.2 Å². The summed E-state index contributed by atoms with van der Waals surface area (Å²) in [5.74, 6) is -3.31. The predicted molar refractivity (Wildman–Crippen MR) is 58.0 cm³/mol. The zero-order valence-electron chi connectivity index (χ0n) is 8.92. The Hall–Kier alpha value is -0.0100. The summed E-state index contributed by atoms with van der Waals surface area (Å²) >= 11 is 7.48. The first-order chi connectivity index (χ1) is 7.35. The number of alkyl halides is 5. The number of aliphatic hydroxyl groups is 1. The van der Waals surface area contributed by atoms with Crippen molar-refractivity contribution in [3.63, 3.8) is 0 Å². The highest BCUT2D eigenvalue weighted by Gasteiger charge is 2.71. The van der Waals surface area contributed by atoms with Gasteiger partial charge in [-0.1, -0.05) is 41.4 Å². The first kappa shape index (κ1) is 15.0. The van der Waals surface area contributed by atoms with E-state index in [0.29, 0.717) is 0 Å². The van der Waals surface area contributed by atoms with E-state index in [4.69, 9.17) is 16.7 Å². The van der Waals surface area contributed by atoms with Crippen LogP contribution >= 0.6 is 27.5 Å². The molecule has 0 heterocycles. The third-order valence-electron chi connectivity index (χ3n) is 3.27. The van der Waals surface area contributed by atoms with Crippen molar-refractivity contribution in [3.8, 4) is 0 Å². The van der Waals surface area contributed by atoms with Crippen LogP contribution in [0.5, 0.6) is 0 Å². The monoisotopic (exact) mass is 338 g/mol. The molecule has 1 aliphatic rings. The van der Waals surface area contributed by atoms with E-state index in [1.165, 1.54) is 13.8 Å². The molecule has 2 unspecified atom stereocenters. The Balaban J connectivity index is 2.94. The molecule has 0 bridgehead atoms. The lowest BCUT2D eigenvalue weighted by Crippen LogP contribution is -2.46.